The summed E-state index contributed by atoms with van der Waals surface area (Å²) in [5.41, 5.74) is 0.174. The Morgan fingerprint density at radius 1 is 1.19 bits per heavy atom. The van der Waals surface area contributed by atoms with Crippen LogP contribution in [-0.4, -0.2) is 42.6 Å². The number of amidine groups is 1. The lowest BCUT2D eigenvalue weighted by molar-refractivity contribution is -0.00643. The van der Waals surface area contributed by atoms with Crippen LogP contribution in [0.4, 0.5) is 0 Å². The molecule has 21 heavy (non-hydrogen) atoms. The van der Waals surface area contributed by atoms with Gasteiger partial charge in [0.25, 0.3) is 0 Å². The van der Waals surface area contributed by atoms with Gasteiger partial charge in [0.2, 0.25) is 0 Å². The molecule has 1 aromatic rings. The summed E-state index contributed by atoms with van der Waals surface area (Å²) >= 11 is 0. The van der Waals surface area contributed by atoms with Gasteiger partial charge >= 0.3 is 0 Å². The van der Waals surface area contributed by atoms with Gasteiger partial charge in [-0.15, -0.1) is 0 Å². The highest BCUT2D eigenvalue weighted by Gasteiger charge is 2.41. The third-order valence-corrected chi connectivity index (χ3v) is 4.46. The van der Waals surface area contributed by atoms with E-state index in [1.807, 2.05) is 38.4 Å². The minimum Gasteiger partial charge on any atom is -0.497 e. The van der Waals surface area contributed by atoms with Crippen molar-refractivity contribution in [2.75, 3.05) is 21.2 Å². The SMILES string of the molecule is COc1ccc(C(C(=N)N(C)C)C2(O)CCCCC2)cc1. The fourth-order valence-electron chi connectivity index (χ4n) is 3.23. The van der Waals surface area contributed by atoms with Crippen molar-refractivity contribution in [2.24, 2.45) is 0 Å². The lowest BCUT2D eigenvalue weighted by atomic mass is 9.72. The van der Waals surface area contributed by atoms with E-state index in [1.165, 1.54) is 6.42 Å². The third kappa shape index (κ3) is 3.38. The average molecular weight is 290 g/mol. The monoisotopic (exact) mass is 290 g/mol. The second kappa shape index (κ2) is 6.48. The molecule has 2 N–H and O–H groups in total. The maximum absolute atomic E-state index is 11.1. The molecule has 116 valence electrons. The van der Waals surface area contributed by atoms with Gasteiger partial charge in [-0.3, -0.25) is 5.41 Å². The maximum Gasteiger partial charge on any atom is 0.118 e. The highest BCUT2D eigenvalue weighted by molar-refractivity contribution is 5.87. The first-order chi connectivity index (χ1) is 9.98. The molecule has 4 nitrogen and oxygen atoms in total. The Morgan fingerprint density at radius 2 is 1.76 bits per heavy atom. The van der Waals surface area contributed by atoms with E-state index in [2.05, 4.69) is 0 Å². The predicted molar refractivity (Wildman–Crippen MR) is 85.2 cm³/mol. The molecular formula is C17H26N2O2. The number of benzene rings is 1. The summed E-state index contributed by atoms with van der Waals surface area (Å²) < 4.78 is 5.20. The van der Waals surface area contributed by atoms with Gasteiger partial charge < -0.3 is 14.7 Å². The van der Waals surface area contributed by atoms with Gasteiger partial charge in [-0.05, 0) is 30.5 Å². The highest BCUT2D eigenvalue weighted by atomic mass is 16.5. The number of likely N-dealkylation sites (N-methyl/N-ethyl adjacent to an activating group) is 1. The molecule has 1 aromatic carbocycles. The summed E-state index contributed by atoms with van der Waals surface area (Å²) in [5.74, 6) is 0.979. The van der Waals surface area contributed by atoms with Crippen molar-refractivity contribution < 1.29 is 9.84 Å². The number of nitrogens with one attached hydrogen (secondary N) is 1. The summed E-state index contributed by atoms with van der Waals surface area (Å²) in [6.07, 6.45) is 4.76. The van der Waals surface area contributed by atoms with Crippen molar-refractivity contribution in [1.29, 1.82) is 5.41 Å². The molecule has 0 saturated heterocycles. The first-order valence-corrected chi connectivity index (χ1v) is 7.60. The van der Waals surface area contributed by atoms with Gasteiger partial charge in [-0.25, -0.2) is 0 Å². The highest BCUT2D eigenvalue weighted by Crippen LogP contribution is 2.41. The second-order valence-corrected chi connectivity index (χ2v) is 6.15. The lowest BCUT2D eigenvalue weighted by Gasteiger charge is -2.41. The van der Waals surface area contributed by atoms with Gasteiger partial charge in [0.1, 0.15) is 11.6 Å². The van der Waals surface area contributed by atoms with Crippen LogP contribution >= 0.6 is 0 Å². The normalized spacial score (nSPS) is 18.9. The standard InChI is InChI=1S/C17H26N2O2/c1-19(2)16(18)15(17(20)11-5-4-6-12-17)13-7-9-14(21-3)10-8-13/h7-10,15,18,20H,4-6,11-12H2,1-3H3. The van der Waals surface area contributed by atoms with Crippen LogP contribution in [-0.2, 0) is 0 Å². The molecule has 0 bridgehead atoms. The van der Waals surface area contributed by atoms with Crippen LogP contribution in [0, 0.1) is 5.41 Å². The molecule has 0 aromatic heterocycles. The van der Waals surface area contributed by atoms with E-state index in [9.17, 15) is 5.11 Å². The average Bonchev–Trinajstić information content (AvgIpc) is 2.48. The fourth-order valence-corrected chi connectivity index (χ4v) is 3.23. The molecule has 0 radical (unpaired) electrons. The molecule has 1 aliphatic carbocycles. The maximum atomic E-state index is 11.1. The molecule has 1 aliphatic rings. The fraction of sp³-hybridized carbons (Fsp3) is 0.588. The zero-order valence-electron chi connectivity index (χ0n) is 13.2. The summed E-state index contributed by atoms with van der Waals surface area (Å²) in [7, 11) is 5.37. The summed E-state index contributed by atoms with van der Waals surface area (Å²) in [4.78, 5) is 1.79. The first kappa shape index (κ1) is 15.8. The summed E-state index contributed by atoms with van der Waals surface area (Å²) in [6.45, 7) is 0. The predicted octanol–water partition coefficient (Wildman–Crippen LogP) is 3.01. The molecule has 2 rings (SSSR count). The molecule has 0 aliphatic heterocycles. The van der Waals surface area contributed by atoms with Gasteiger partial charge in [0.05, 0.1) is 18.6 Å². The van der Waals surface area contributed by atoms with Crippen molar-refractivity contribution in [2.45, 2.75) is 43.6 Å². The second-order valence-electron chi connectivity index (χ2n) is 6.15. The van der Waals surface area contributed by atoms with Crippen molar-refractivity contribution in [1.82, 2.24) is 4.90 Å². The molecule has 1 fully saturated rings. The van der Waals surface area contributed by atoms with E-state index in [0.717, 1.165) is 37.0 Å². The van der Waals surface area contributed by atoms with Gasteiger partial charge in [-0.1, -0.05) is 31.4 Å². The Kier molecular flexibility index (Phi) is 4.88. The van der Waals surface area contributed by atoms with Crippen LogP contribution in [0.2, 0.25) is 0 Å². The molecule has 0 spiro atoms. The summed E-state index contributed by atoms with van der Waals surface area (Å²) in [5, 5.41) is 19.6. The van der Waals surface area contributed by atoms with E-state index in [1.54, 1.807) is 12.0 Å². The van der Waals surface area contributed by atoms with Crippen molar-refractivity contribution in [3.8, 4) is 5.75 Å². The zero-order valence-corrected chi connectivity index (χ0v) is 13.2. The van der Waals surface area contributed by atoms with Crippen LogP contribution in [0.25, 0.3) is 0 Å². The van der Waals surface area contributed by atoms with E-state index >= 15 is 0 Å². The van der Waals surface area contributed by atoms with E-state index in [4.69, 9.17) is 10.1 Å². The molecule has 0 amide bonds. The Morgan fingerprint density at radius 3 is 2.24 bits per heavy atom. The van der Waals surface area contributed by atoms with Crippen molar-refractivity contribution in [3.05, 3.63) is 29.8 Å². The number of methoxy groups -OCH3 is 1. The van der Waals surface area contributed by atoms with Crippen LogP contribution in [0.15, 0.2) is 24.3 Å². The third-order valence-electron chi connectivity index (χ3n) is 4.46. The molecule has 4 heteroatoms. The molecule has 1 atom stereocenters. The van der Waals surface area contributed by atoms with Crippen LogP contribution in [0.1, 0.15) is 43.6 Å². The quantitative estimate of drug-likeness (QED) is 0.662. The van der Waals surface area contributed by atoms with Crippen LogP contribution < -0.4 is 4.74 Å². The van der Waals surface area contributed by atoms with Crippen LogP contribution in [0.5, 0.6) is 5.75 Å². The van der Waals surface area contributed by atoms with Crippen molar-refractivity contribution in [3.63, 3.8) is 0 Å². The topological polar surface area (TPSA) is 56.5 Å². The number of hydrogen-bond acceptors (Lipinski definition) is 3. The number of hydrogen-bond donors (Lipinski definition) is 2. The minimum atomic E-state index is -0.811. The van der Waals surface area contributed by atoms with Gasteiger partial charge in [-0.2, -0.15) is 0 Å². The molecule has 1 saturated carbocycles. The number of nitrogens with zero attached hydrogens (tertiary/aromatic N) is 1. The zero-order chi connectivity index (χ0) is 15.5. The molecule has 0 heterocycles. The summed E-state index contributed by atoms with van der Waals surface area (Å²) in [6, 6.07) is 7.73. The first-order valence-electron chi connectivity index (χ1n) is 7.60. The Bertz CT molecular complexity index is 476. The Hall–Kier alpha value is -1.55. The van der Waals surface area contributed by atoms with E-state index in [-0.39, 0.29) is 5.92 Å². The Balaban J connectivity index is 2.37. The number of ether oxygens (including phenoxy) is 1. The Labute approximate surface area is 127 Å². The lowest BCUT2D eigenvalue weighted by Crippen LogP contribution is -2.45. The number of rotatable bonds is 4. The van der Waals surface area contributed by atoms with E-state index in [0.29, 0.717) is 5.84 Å². The van der Waals surface area contributed by atoms with Gasteiger partial charge in [0.15, 0.2) is 0 Å². The smallest absolute Gasteiger partial charge is 0.118 e. The molecule has 1 unspecified atom stereocenters. The largest absolute Gasteiger partial charge is 0.497 e. The van der Waals surface area contributed by atoms with Crippen molar-refractivity contribution >= 4 is 5.84 Å². The molecular weight excluding hydrogens is 264 g/mol. The van der Waals surface area contributed by atoms with Gasteiger partial charge in [0, 0.05) is 14.1 Å². The number of aliphatic hydroxyl groups is 1. The van der Waals surface area contributed by atoms with E-state index < -0.39 is 5.60 Å². The van der Waals surface area contributed by atoms with Crippen LogP contribution in [0.3, 0.4) is 0 Å². The minimum absolute atomic E-state index is 0.279.